The molecule has 0 unspecified atom stereocenters. The second kappa shape index (κ2) is 7.30. The molecule has 1 saturated heterocycles. The third kappa shape index (κ3) is 3.33. The number of piperidine rings is 1. The fourth-order valence-electron chi connectivity index (χ4n) is 4.39. The van der Waals surface area contributed by atoms with Crippen molar-refractivity contribution >= 4 is 16.8 Å². The highest BCUT2D eigenvalue weighted by atomic mass is 16.5. The fraction of sp³-hybridized carbons (Fsp3) is 0.500. The number of hydrogen-bond acceptors (Lipinski definition) is 5. The lowest BCUT2D eigenvalue weighted by Crippen LogP contribution is -2.46. The summed E-state index contributed by atoms with van der Waals surface area (Å²) >= 11 is 0. The fourth-order valence-corrected chi connectivity index (χ4v) is 4.39. The molecule has 3 aromatic rings. The van der Waals surface area contributed by atoms with E-state index < -0.39 is 0 Å². The standard InChI is InChI=1S/C22H26N4O3/c1-28-13-10-22(21-24-19(29-25-21)15-6-7-15)8-11-26(12-9-22)20(27)17-14-23-18-5-3-2-4-16(17)18/h2-5,14-15,23H,6-13H2,1H3. The van der Waals surface area contributed by atoms with Crippen molar-refractivity contribution in [3.05, 3.63) is 47.7 Å². The summed E-state index contributed by atoms with van der Waals surface area (Å²) in [7, 11) is 1.72. The van der Waals surface area contributed by atoms with E-state index in [0.29, 0.717) is 25.6 Å². The smallest absolute Gasteiger partial charge is 0.256 e. The Bertz CT molecular complexity index is 1010. The van der Waals surface area contributed by atoms with Crippen LogP contribution in [0.1, 0.15) is 60.1 Å². The van der Waals surface area contributed by atoms with Gasteiger partial charge in [0, 0.05) is 55.2 Å². The summed E-state index contributed by atoms with van der Waals surface area (Å²) < 4.78 is 10.9. The van der Waals surface area contributed by atoms with Crippen LogP contribution in [0.2, 0.25) is 0 Å². The first kappa shape index (κ1) is 18.4. The molecule has 7 nitrogen and oxygen atoms in total. The highest BCUT2D eigenvalue weighted by Gasteiger charge is 2.42. The number of carbonyl (C=O) groups is 1. The molecule has 1 amide bonds. The molecule has 0 atom stereocenters. The molecule has 152 valence electrons. The average Bonchev–Trinajstić information content (AvgIpc) is 3.33. The quantitative estimate of drug-likeness (QED) is 0.690. The van der Waals surface area contributed by atoms with Crippen LogP contribution in [0.5, 0.6) is 0 Å². The molecule has 29 heavy (non-hydrogen) atoms. The van der Waals surface area contributed by atoms with Crippen LogP contribution < -0.4 is 0 Å². The van der Waals surface area contributed by atoms with Crippen LogP contribution in [0.4, 0.5) is 0 Å². The van der Waals surface area contributed by atoms with Crippen LogP contribution in [0, 0.1) is 0 Å². The molecule has 0 bridgehead atoms. The maximum Gasteiger partial charge on any atom is 0.256 e. The van der Waals surface area contributed by atoms with E-state index in [2.05, 4.69) is 10.1 Å². The van der Waals surface area contributed by atoms with Crippen molar-refractivity contribution in [1.82, 2.24) is 20.0 Å². The van der Waals surface area contributed by atoms with Gasteiger partial charge in [-0.2, -0.15) is 4.98 Å². The van der Waals surface area contributed by atoms with Crippen molar-refractivity contribution in [1.29, 1.82) is 0 Å². The lowest BCUT2D eigenvalue weighted by Gasteiger charge is -2.39. The highest BCUT2D eigenvalue weighted by Crippen LogP contribution is 2.42. The number of hydrogen-bond donors (Lipinski definition) is 1. The number of fused-ring (bicyclic) bond motifs is 1. The molecule has 2 aliphatic rings. The predicted molar refractivity (Wildman–Crippen MR) is 108 cm³/mol. The molecule has 3 heterocycles. The van der Waals surface area contributed by atoms with E-state index >= 15 is 0 Å². The monoisotopic (exact) mass is 394 g/mol. The van der Waals surface area contributed by atoms with Crippen molar-refractivity contribution in [3.63, 3.8) is 0 Å². The third-order valence-corrected chi connectivity index (χ3v) is 6.45. The second-order valence-corrected chi connectivity index (χ2v) is 8.29. The first-order valence-electron chi connectivity index (χ1n) is 10.4. The number of H-pyrrole nitrogens is 1. The molecule has 5 rings (SSSR count). The number of ether oxygens (including phenoxy) is 1. The first-order valence-corrected chi connectivity index (χ1v) is 10.4. The number of methoxy groups -OCH3 is 1. The summed E-state index contributed by atoms with van der Waals surface area (Å²) in [6.45, 7) is 1.99. The molecule has 1 saturated carbocycles. The van der Waals surface area contributed by atoms with Gasteiger partial charge in [0.15, 0.2) is 5.82 Å². The third-order valence-electron chi connectivity index (χ3n) is 6.45. The van der Waals surface area contributed by atoms with Gasteiger partial charge in [-0.05, 0) is 38.2 Å². The minimum atomic E-state index is -0.191. The van der Waals surface area contributed by atoms with Crippen LogP contribution in [-0.4, -0.2) is 52.7 Å². The van der Waals surface area contributed by atoms with Crippen molar-refractivity contribution < 1.29 is 14.1 Å². The van der Waals surface area contributed by atoms with Gasteiger partial charge in [0.25, 0.3) is 5.91 Å². The zero-order valence-electron chi connectivity index (χ0n) is 16.7. The van der Waals surface area contributed by atoms with E-state index in [1.54, 1.807) is 7.11 Å². The number of benzene rings is 1. The van der Waals surface area contributed by atoms with E-state index in [0.717, 1.165) is 60.3 Å². The summed E-state index contributed by atoms with van der Waals surface area (Å²) in [6.07, 6.45) is 6.56. The Labute approximate surface area is 169 Å². The molecule has 7 heteroatoms. The molecule has 1 N–H and O–H groups in total. The van der Waals surface area contributed by atoms with E-state index in [4.69, 9.17) is 14.2 Å². The van der Waals surface area contributed by atoms with Gasteiger partial charge in [0.1, 0.15) is 0 Å². The predicted octanol–water partition coefficient (Wildman–Crippen LogP) is 3.64. The Balaban J connectivity index is 1.35. The number of nitrogens with one attached hydrogen (secondary N) is 1. The molecular weight excluding hydrogens is 368 g/mol. The molecule has 1 aliphatic heterocycles. The molecule has 2 aromatic heterocycles. The normalized spacial score (nSPS) is 19.0. The summed E-state index contributed by atoms with van der Waals surface area (Å²) in [5.41, 5.74) is 1.53. The number of likely N-dealkylation sites (tertiary alicyclic amines) is 1. The summed E-state index contributed by atoms with van der Waals surface area (Å²) in [5, 5.41) is 5.31. The topological polar surface area (TPSA) is 84.2 Å². The SMILES string of the molecule is COCCC1(c2noc(C3CC3)n2)CCN(C(=O)c2c[nH]c3ccccc23)CC1. The molecule has 0 spiro atoms. The van der Waals surface area contributed by atoms with Gasteiger partial charge in [-0.25, -0.2) is 0 Å². The number of para-hydroxylation sites is 1. The van der Waals surface area contributed by atoms with Crippen molar-refractivity contribution in [3.8, 4) is 0 Å². The van der Waals surface area contributed by atoms with E-state index in [9.17, 15) is 4.79 Å². The Hall–Kier alpha value is -2.67. The highest BCUT2D eigenvalue weighted by molar-refractivity contribution is 6.06. The van der Waals surface area contributed by atoms with E-state index in [-0.39, 0.29) is 11.3 Å². The lowest BCUT2D eigenvalue weighted by molar-refractivity contribution is 0.0618. The number of amides is 1. The number of aromatic amines is 1. The van der Waals surface area contributed by atoms with E-state index in [1.807, 2.05) is 35.4 Å². The summed E-state index contributed by atoms with van der Waals surface area (Å²) in [4.78, 5) is 23.1. The number of carbonyl (C=O) groups excluding carboxylic acids is 1. The van der Waals surface area contributed by atoms with Gasteiger partial charge < -0.3 is 19.1 Å². The number of nitrogens with zero attached hydrogens (tertiary/aromatic N) is 3. The average molecular weight is 394 g/mol. The van der Waals surface area contributed by atoms with Gasteiger partial charge in [0.2, 0.25) is 5.89 Å². The van der Waals surface area contributed by atoms with E-state index in [1.165, 1.54) is 0 Å². The molecule has 1 aliphatic carbocycles. The summed E-state index contributed by atoms with van der Waals surface area (Å²) in [6, 6.07) is 7.92. The van der Waals surface area contributed by atoms with Gasteiger partial charge in [-0.3, -0.25) is 4.79 Å². The molecular formula is C22H26N4O3. The van der Waals surface area contributed by atoms with Gasteiger partial charge in [-0.15, -0.1) is 0 Å². The summed E-state index contributed by atoms with van der Waals surface area (Å²) in [5.74, 6) is 2.08. The molecule has 0 radical (unpaired) electrons. The number of rotatable bonds is 6. The van der Waals surface area contributed by atoms with Crippen LogP contribution in [0.15, 0.2) is 35.0 Å². The zero-order valence-corrected chi connectivity index (χ0v) is 16.7. The minimum absolute atomic E-state index is 0.0783. The largest absolute Gasteiger partial charge is 0.385 e. The first-order chi connectivity index (χ1) is 14.2. The van der Waals surface area contributed by atoms with Gasteiger partial charge >= 0.3 is 0 Å². The van der Waals surface area contributed by atoms with Crippen molar-refractivity contribution in [2.45, 2.75) is 43.4 Å². The van der Waals surface area contributed by atoms with Crippen molar-refractivity contribution in [2.24, 2.45) is 0 Å². The maximum atomic E-state index is 13.2. The minimum Gasteiger partial charge on any atom is -0.385 e. The van der Waals surface area contributed by atoms with Crippen LogP contribution in [0.25, 0.3) is 10.9 Å². The van der Waals surface area contributed by atoms with Crippen molar-refractivity contribution in [2.75, 3.05) is 26.8 Å². The zero-order chi connectivity index (χ0) is 19.8. The van der Waals surface area contributed by atoms with Crippen LogP contribution in [-0.2, 0) is 10.2 Å². The van der Waals surface area contributed by atoms with Gasteiger partial charge in [0.05, 0.1) is 5.56 Å². The Morgan fingerprint density at radius 2 is 2.10 bits per heavy atom. The Kier molecular flexibility index (Phi) is 4.62. The van der Waals surface area contributed by atoms with Crippen LogP contribution >= 0.6 is 0 Å². The lowest BCUT2D eigenvalue weighted by atomic mass is 9.75. The van der Waals surface area contributed by atoms with Gasteiger partial charge in [-0.1, -0.05) is 23.4 Å². The van der Waals surface area contributed by atoms with Crippen LogP contribution in [0.3, 0.4) is 0 Å². The Morgan fingerprint density at radius 1 is 1.31 bits per heavy atom. The molecule has 1 aromatic carbocycles. The maximum absolute atomic E-state index is 13.2. The second-order valence-electron chi connectivity index (χ2n) is 8.29. The Morgan fingerprint density at radius 3 is 2.86 bits per heavy atom. The number of aromatic nitrogens is 3. The molecule has 2 fully saturated rings.